The average Bonchev–Trinajstić information content (AvgIpc) is 3.38. The second kappa shape index (κ2) is 17.1. The molecule has 0 fully saturated rings. The summed E-state index contributed by atoms with van der Waals surface area (Å²) in [6.07, 6.45) is 0. The largest absolute Gasteiger partial charge is 0.311 e. The molecule has 2 heteroatoms. The van der Waals surface area contributed by atoms with Gasteiger partial charge in [-0.2, -0.15) is 0 Å². The molecular weight excluding hydrogens is 773 g/mol. The molecule has 0 amide bonds. The first kappa shape index (κ1) is 38.5. The van der Waals surface area contributed by atoms with E-state index in [9.17, 15) is 0 Å². The summed E-state index contributed by atoms with van der Waals surface area (Å²) >= 11 is 0. The van der Waals surface area contributed by atoms with Gasteiger partial charge in [0.25, 0.3) is 0 Å². The third-order valence-electron chi connectivity index (χ3n) is 12.2. The number of hydrogen-bond donors (Lipinski definition) is 0. The van der Waals surface area contributed by atoms with Crippen LogP contribution in [0.15, 0.2) is 267 Å². The first-order valence-corrected chi connectivity index (χ1v) is 21.9. The molecular formula is C62H44N2. The van der Waals surface area contributed by atoms with E-state index < -0.39 is 0 Å². The van der Waals surface area contributed by atoms with Crippen molar-refractivity contribution < 1.29 is 0 Å². The standard InChI is InChI=1S/C62H44N2/c1-6-23-45(24-7-1)52-33-16-18-35-54(52)60-56-37-20-21-38-57(56)61(55-36-19-17-34-53(55)46-25-8-2-9-26-46)62-58(60)39-22-40-59(62)64(49-31-14-5-15-32-49)51-43-41-50(42-44-51)63(47-27-10-3-11-28-47)48-29-12-4-13-30-48/h1-44H. The van der Waals surface area contributed by atoms with Crippen LogP contribution in [0.5, 0.6) is 0 Å². The normalized spacial score (nSPS) is 11.1. The zero-order valence-electron chi connectivity index (χ0n) is 35.3. The van der Waals surface area contributed by atoms with Crippen molar-refractivity contribution in [2.45, 2.75) is 0 Å². The Morgan fingerprint density at radius 2 is 0.531 bits per heavy atom. The zero-order valence-corrected chi connectivity index (χ0v) is 35.3. The van der Waals surface area contributed by atoms with Crippen LogP contribution in [-0.4, -0.2) is 0 Å². The molecule has 0 atom stereocenters. The summed E-state index contributed by atoms with van der Waals surface area (Å²) in [6, 6.07) is 96.3. The molecule has 0 bridgehead atoms. The summed E-state index contributed by atoms with van der Waals surface area (Å²) in [7, 11) is 0. The van der Waals surface area contributed by atoms with E-state index >= 15 is 0 Å². The van der Waals surface area contributed by atoms with Gasteiger partial charge in [0.1, 0.15) is 0 Å². The molecule has 0 aromatic heterocycles. The van der Waals surface area contributed by atoms with Crippen LogP contribution in [0.4, 0.5) is 34.1 Å². The van der Waals surface area contributed by atoms with E-state index in [0.717, 1.165) is 34.1 Å². The van der Waals surface area contributed by atoms with Crippen molar-refractivity contribution in [3.05, 3.63) is 267 Å². The van der Waals surface area contributed by atoms with E-state index in [1.54, 1.807) is 0 Å². The van der Waals surface area contributed by atoms with Gasteiger partial charge in [-0.1, -0.05) is 200 Å². The molecule has 2 nitrogen and oxygen atoms in total. The Morgan fingerprint density at radius 1 is 0.203 bits per heavy atom. The molecule has 11 rings (SSSR count). The fourth-order valence-electron chi connectivity index (χ4n) is 9.46. The second-order valence-corrected chi connectivity index (χ2v) is 16.0. The van der Waals surface area contributed by atoms with Gasteiger partial charge in [0.05, 0.1) is 5.69 Å². The fourth-order valence-corrected chi connectivity index (χ4v) is 9.46. The number of hydrogen-bond acceptors (Lipinski definition) is 2. The van der Waals surface area contributed by atoms with Gasteiger partial charge < -0.3 is 9.80 Å². The van der Waals surface area contributed by atoms with Crippen molar-refractivity contribution in [1.82, 2.24) is 0 Å². The second-order valence-electron chi connectivity index (χ2n) is 16.0. The maximum Gasteiger partial charge on any atom is 0.0546 e. The fraction of sp³-hybridized carbons (Fsp3) is 0. The molecule has 11 aromatic rings. The van der Waals surface area contributed by atoms with Crippen molar-refractivity contribution in [2.24, 2.45) is 0 Å². The number of para-hydroxylation sites is 3. The van der Waals surface area contributed by atoms with Gasteiger partial charge in [0.15, 0.2) is 0 Å². The van der Waals surface area contributed by atoms with Crippen LogP contribution in [-0.2, 0) is 0 Å². The van der Waals surface area contributed by atoms with Gasteiger partial charge in [-0.05, 0) is 122 Å². The molecule has 0 aliphatic heterocycles. The molecule has 64 heavy (non-hydrogen) atoms. The minimum Gasteiger partial charge on any atom is -0.311 e. The predicted molar refractivity (Wildman–Crippen MR) is 273 cm³/mol. The van der Waals surface area contributed by atoms with Gasteiger partial charge in [0.2, 0.25) is 0 Å². The SMILES string of the molecule is c1ccc(-c2ccccc2-c2c3ccccc3c(-c3ccccc3-c3ccccc3)c3c(N(c4ccccc4)c4ccc(N(c5ccccc5)c5ccccc5)cc4)cccc23)cc1. The Hall–Kier alpha value is -8.46. The van der Waals surface area contributed by atoms with Crippen molar-refractivity contribution in [3.63, 3.8) is 0 Å². The van der Waals surface area contributed by atoms with Crippen LogP contribution in [0.3, 0.4) is 0 Å². The topological polar surface area (TPSA) is 6.48 Å². The van der Waals surface area contributed by atoms with E-state index in [1.807, 2.05) is 0 Å². The number of fused-ring (bicyclic) bond motifs is 2. The van der Waals surface area contributed by atoms with Crippen LogP contribution in [0, 0.1) is 0 Å². The van der Waals surface area contributed by atoms with Gasteiger partial charge in [0, 0.05) is 39.4 Å². The molecule has 11 aromatic carbocycles. The van der Waals surface area contributed by atoms with E-state index in [-0.39, 0.29) is 0 Å². The summed E-state index contributed by atoms with van der Waals surface area (Å²) in [5.74, 6) is 0. The lowest BCUT2D eigenvalue weighted by molar-refractivity contribution is 1.26. The molecule has 0 saturated heterocycles. The Kier molecular flexibility index (Phi) is 10.3. The van der Waals surface area contributed by atoms with Crippen molar-refractivity contribution >= 4 is 55.7 Å². The number of rotatable bonds is 10. The molecule has 0 unspecified atom stereocenters. The van der Waals surface area contributed by atoms with Gasteiger partial charge in [-0.3, -0.25) is 0 Å². The number of nitrogens with zero attached hydrogens (tertiary/aromatic N) is 2. The third kappa shape index (κ3) is 7.07. The maximum atomic E-state index is 2.44. The highest BCUT2D eigenvalue weighted by Gasteiger charge is 2.25. The predicted octanol–water partition coefficient (Wildman–Crippen LogP) is 17.6. The molecule has 302 valence electrons. The lowest BCUT2D eigenvalue weighted by Crippen LogP contribution is -2.12. The Labute approximate surface area is 375 Å². The van der Waals surface area contributed by atoms with E-state index in [1.165, 1.54) is 66.1 Å². The lowest BCUT2D eigenvalue weighted by Gasteiger charge is -2.30. The Morgan fingerprint density at radius 3 is 1.02 bits per heavy atom. The summed E-state index contributed by atoms with van der Waals surface area (Å²) in [4.78, 5) is 4.76. The first-order chi connectivity index (χ1) is 31.8. The molecule has 0 spiro atoms. The van der Waals surface area contributed by atoms with E-state index in [2.05, 4.69) is 277 Å². The van der Waals surface area contributed by atoms with Crippen LogP contribution >= 0.6 is 0 Å². The molecule has 0 N–H and O–H groups in total. The molecule has 0 radical (unpaired) electrons. The first-order valence-electron chi connectivity index (χ1n) is 21.9. The lowest BCUT2D eigenvalue weighted by atomic mass is 9.81. The smallest absolute Gasteiger partial charge is 0.0546 e. The summed E-state index contributed by atoms with van der Waals surface area (Å²) in [6.45, 7) is 0. The third-order valence-corrected chi connectivity index (χ3v) is 12.2. The van der Waals surface area contributed by atoms with Crippen LogP contribution in [0.25, 0.3) is 66.1 Å². The number of anilines is 6. The molecule has 0 aliphatic carbocycles. The Balaban J connectivity index is 1.22. The quantitative estimate of drug-likeness (QED) is 0.127. The van der Waals surface area contributed by atoms with Gasteiger partial charge in [-0.15, -0.1) is 0 Å². The summed E-state index contributed by atoms with van der Waals surface area (Å²) in [5.41, 5.74) is 16.1. The van der Waals surface area contributed by atoms with Crippen LogP contribution in [0.2, 0.25) is 0 Å². The maximum absolute atomic E-state index is 2.44. The minimum atomic E-state index is 1.06. The highest BCUT2D eigenvalue weighted by molar-refractivity contribution is 6.26. The summed E-state index contributed by atoms with van der Waals surface area (Å²) < 4.78 is 0. The monoisotopic (exact) mass is 816 g/mol. The highest BCUT2D eigenvalue weighted by atomic mass is 15.2. The van der Waals surface area contributed by atoms with Crippen molar-refractivity contribution in [2.75, 3.05) is 9.80 Å². The van der Waals surface area contributed by atoms with Gasteiger partial charge >= 0.3 is 0 Å². The van der Waals surface area contributed by atoms with Crippen LogP contribution in [0.1, 0.15) is 0 Å². The molecule has 0 saturated carbocycles. The van der Waals surface area contributed by atoms with Gasteiger partial charge in [-0.25, -0.2) is 0 Å². The van der Waals surface area contributed by atoms with Crippen molar-refractivity contribution in [3.8, 4) is 44.5 Å². The summed E-state index contributed by atoms with van der Waals surface area (Å²) in [5, 5.41) is 4.79. The van der Waals surface area contributed by atoms with Crippen molar-refractivity contribution in [1.29, 1.82) is 0 Å². The molecule has 0 heterocycles. The average molecular weight is 817 g/mol. The Bertz CT molecular complexity index is 3310. The minimum absolute atomic E-state index is 1.06. The highest BCUT2D eigenvalue weighted by Crippen LogP contribution is 2.52. The van der Waals surface area contributed by atoms with E-state index in [4.69, 9.17) is 0 Å². The number of benzene rings is 11. The molecule has 0 aliphatic rings. The zero-order chi connectivity index (χ0) is 42.7. The van der Waals surface area contributed by atoms with E-state index in [0.29, 0.717) is 0 Å². The van der Waals surface area contributed by atoms with Crippen LogP contribution < -0.4 is 9.80 Å².